The molecule has 0 saturated carbocycles. The number of nitro groups is 1. The van der Waals surface area contributed by atoms with Gasteiger partial charge in [0, 0.05) is 28.7 Å². The Kier molecular flexibility index (Phi) is 8.28. The SMILES string of the molecule is Cc1ccc(C)n1-c1ccc(OCc2ccc(C(=O)N/N=C/c3cccc([N+](=O)[O-])c3O[C@H](C)C(=O)O)o2)cc1. The minimum absolute atomic E-state index is 0.0281. The zero-order chi connectivity index (χ0) is 28.8. The summed E-state index contributed by atoms with van der Waals surface area (Å²) in [5, 5.41) is 24.3. The molecule has 0 saturated heterocycles. The average Bonchev–Trinajstić information content (AvgIpc) is 3.54. The van der Waals surface area contributed by atoms with Crippen LogP contribution in [0.25, 0.3) is 5.69 Å². The second-order valence-corrected chi connectivity index (χ2v) is 8.75. The van der Waals surface area contributed by atoms with Crippen LogP contribution in [0.4, 0.5) is 5.69 Å². The molecule has 1 atom stereocenters. The summed E-state index contributed by atoms with van der Waals surface area (Å²) in [6.07, 6.45) is -0.236. The predicted octanol–water partition coefficient (Wildman–Crippen LogP) is 4.79. The lowest BCUT2D eigenvalue weighted by Gasteiger charge is -2.12. The van der Waals surface area contributed by atoms with E-state index >= 15 is 0 Å². The van der Waals surface area contributed by atoms with Crippen LogP contribution in [0.2, 0.25) is 0 Å². The van der Waals surface area contributed by atoms with Gasteiger partial charge >= 0.3 is 17.6 Å². The second-order valence-electron chi connectivity index (χ2n) is 8.75. The van der Waals surface area contributed by atoms with Crippen molar-refractivity contribution in [1.29, 1.82) is 0 Å². The number of hydrogen-bond acceptors (Lipinski definition) is 8. The predicted molar refractivity (Wildman–Crippen MR) is 144 cm³/mol. The number of nitrogens with one attached hydrogen (secondary N) is 1. The van der Waals surface area contributed by atoms with E-state index < -0.39 is 28.6 Å². The molecule has 0 fully saturated rings. The number of carbonyl (C=O) groups excluding carboxylic acids is 1. The summed E-state index contributed by atoms with van der Waals surface area (Å²) in [5.41, 5.74) is 5.20. The number of benzene rings is 2. The third kappa shape index (κ3) is 6.35. The van der Waals surface area contributed by atoms with Gasteiger partial charge in [-0.15, -0.1) is 0 Å². The Bertz CT molecular complexity index is 1550. The van der Waals surface area contributed by atoms with E-state index in [0.29, 0.717) is 11.5 Å². The van der Waals surface area contributed by atoms with Crippen molar-refractivity contribution in [1.82, 2.24) is 9.99 Å². The lowest BCUT2D eigenvalue weighted by atomic mass is 10.2. The summed E-state index contributed by atoms with van der Waals surface area (Å²) in [5.74, 6) is -1.25. The third-order valence-electron chi connectivity index (χ3n) is 5.87. The van der Waals surface area contributed by atoms with Crippen LogP contribution in [0.3, 0.4) is 0 Å². The van der Waals surface area contributed by atoms with Crippen LogP contribution < -0.4 is 14.9 Å². The van der Waals surface area contributed by atoms with Crippen LogP contribution in [-0.4, -0.2) is 38.8 Å². The van der Waals surface area contributed by atoms with E-state index in [2.05, 4.69) is 27.2 Å². The van der Waals surface area contributed by atoms with Crippen molar-refractivity contribution in [2.24, 2.45) is 5.10 Å². The second kappa shape index (κ2) is 12.0. The van der Waals surface area contributed by atoms with Crippen LogP contribution in [0.1, 0.15) is 40.2 Å². The fraction of sp³-hybridized carbons (Fsp3) is 0.179. The normalized spacial score (nSPS) is 11.8. The Morgan fingerprint density at radius 2 is 1.80 bits per heavy atom. The highest BCUT2D eigenvalue weighted by Crippen LogP contribution is 2.31. The molecule has 0 radical (unpaired) electrons. The van der Waals surface area contributed by atoms with Crippen LogP contribution in [0.5, 0.6) is 11.5 Å². The zero-order valence-corrected chi connectivity index (χ0v) is 21.9. The number of rotatable bonds is 11. The first-order valence-electron chi connectivity index (χ1n) is 12.1. The molecule has 2 aromatic heterocycles. The molecule has 12 nitrogen and oxygen atoms in total. The molecule has 0 aliphatic heterocycles. The van der Waals surface area contributed by atoms with Crippen molar-refractivity contribution in [2.75, 3.05) is 0 Å². The molecule has 0 bridgehead atoms. The molecule has 2 aromatic carbocycles. The molecule has 2 heterocycles. The fourth-order valence-electron chi connectivity index (χ4n) is 3.86. The summed E-state index contributed by atoms with van der Waals surface area (Å²) in [4.78, 5) is 34.3. The number of carboxylic acids is 1. The van der Waals surface area contributed by atoms with E-state index in [-0.39, 0.29) is 23.7 Å². The number of aryl methyl sites for hydroxylation is 2. The highest BCUT2D eigenvalue weighted by atomic mass is 16.6. The number of carbonyl (C=O) groups is 2. The van der Waals surface area contributed by atoms with Gasteiger partial charge in [0.1, 0.15) is 18.1 Å². The number of ether oxygens (including phenoxy) is 2. The van der Waals surface area contributed by atoms with Crippen molar-refractivity contribution < 1.29 is 33.5 Å². The number of nitro benzene ring substituents is 1. The zero-order valence-electron chi connectivity index (χ0n) is 21.9. The van der Waals surface area contributed by atoms with Crippen molar-refractivity contribution in [3.63, 3.8) is 0 Å². The number of carboxylic acid groups (broad SMARTS) is 1. The minimum atomic E-state index is -1.35. The highest BCUT2D eigenvalue weighted by molar-refractivity contribution is 5.93. The summed E-state index contributed by atoms with van der Waals surface area (Å²) in [7, 11) is 0. The quantitative estimate of drug-likeness (QED) is 0.154. The number of furan rings is 1. The molecule has 0 unspecified atom stereocenters. The number of hydrazone groups is 1. The molecule has 0 spiro atoms. The molecule has 4 rings (SSSR count). The van der Waals surface area contributed by atoms with Gasteiger partial charge in [-0.2, -0.15) is 5.10 Å². The summed E-state index contributed by atoms with van der Waals surface area (Å²) in [6, 6.07) is 18.8. The molecule has 4 aromatic rings. The number of hydrogen-bond donors (Lipinski definition) is 2. The van der Waals surface area contributed by atoms with Crippen LogP contribution in [-0.2, 0) is 11.4 Å². The maximum atomic E-state index is 12.5. The maximum absolute atomic E-state index is 12.5. The molecule has 1 amide bonds. The van der Waals surface area contributed by atoms with E-state index in [9.17, 15) is 19.7 Å². The topological polar surface area (TPSA) is 158 Å². The Morgan fingerprint density at radius 3 is 2.45 bits per heavy atom. The Hall–Kier alpha value is -5.39. The summed E-state index contributed by atoms with van der Waals surface area (Å²) < 4.78 is 18.7. The lowest BCUT2D eigenvalue weighted by Crippen LogP contribution is -2.24. The largest absolute Gasteiger partial charge is 0.486 e. The first-order chi connectivity index (χ1) is 19.1. The number of para-hydroxylation sites is 1. The first-order valence-corrected chi connectivity index (χ1v) is 12.1. The molecule has 40 heavy (non-hydrogen) atoms. The smallest absolute Gasteiger partial charge is 0.344 e. The van der Waals surface area contributed by atoms with Crippen LogP contribution >= 0.6 is 0 Å². The Morgan fingerprint density at radius 1 is 1.10 bits per heavy atom. The number of aromatic nitrogens is 1. The third-order valence-corrected chi connectivity index (χ3v) is 5.87. The van der Waals surface area contributed by atoms with Crippen molar-refractivity contribution in [2.45, 2.75) is 33.5 Å². The van der Waals surface area contributed by atoms with Crippen LogP contribution in [0, 0.1) is 24.0 Å². The van der Waals surface area contributed by atoms with E-state index in [0.717, 1.165) is 23.3 Å². The van der Waals surface area contributed by atoms with Crippen molar-refractivity contribution >= 4 is 23.8 Å². The highest BCUT2D eigenvalue weighted by Gasteiger charge is 2.23. The molecule has 12 heteroatoms. The van der Waals surface area contributed by atoms with Crippen molar-refractivity contribution in [3.05, 3.63) is 105 Å². The van der Waals surface area contributed by atoms with Gasteiger partial charge in [0.05, 0.1) is 11.1 Å². The van der Waals surface area contributed by atoms with E-state index in [1.807, 2.05) is 38.1 Å². The van der Waals surface area contributed by atoms with Gasteiger partial charge in [0.25, 0.3) is 0 Å². The molecular formula is C28H26N4O8. The maximum Gasteiger partial charge on any atom is 0.344 e. The monoisotopic (exact) mass is 546 g/mol. The summed E-state index contributed by atoms with van der Waals surface area (Å²) in [6.45, 7) is 5.40. The van der Waals surface area contributed by atoms with Gasteiger partial charge in [0.15, 0.2) is 11.9 Å². The Balaban J connectivity index is 1.37. The minimum Gasteiger partial charge on any atom is -0.486 e. The summed E-state index contributed by atoms with van der Waals surface area (Å²) >= 11 is 0. The first kappa shape index (κ1) is 27.6. The van der Waals surface area contributed by atoms with Crippen LogP contribution in [0.15, 0.2) is 76.2 Å². The molecule has 206 valence electrons. The molecule has 0 aliphatic carbocycles. The van der Waals surface area contributed by atoms with E-state index in [4.69, 9.17) is 19.0 Å². The van der Waals surface area contributed by atoms with Gasteiger partial charge in [-0.25, -0.2) is 10.2 Å². The van der Waals surface area contributed by atoms with Gasteiger partial charge in [0.2, 0.25) is 5.75 Å². The standard InChI is InChI=1S/C28H26N4O8/c1-17-7-8-18(2)31(17)21-9-11-22(12-10-21)38-16-23-13-14-25(40-23)27(33)30-29-15-20-5-4-6-24(32(36)37)26(20)39-19(3)28(34)35/h4-15,19H,16H2,1-3H3,(H,30,33)(H,34,35)/b29-15+/t19-/m1/s1. The molecular weight excluding hydrogens is 520 g/mol. The van der Waals surface area contributed by atoms with E-state index in [1.54, 1.807) is 6.07 Å². The number of nitrogens with zero attached hydrogens (tertiary/aromatic N) is 3. The molecule has 2 N–H and O–H groups in total. The van der Waals surface area contributed by atoms with Crippen molar-refractivity contribution in [3.8, 4) is 17.2 Å². The van der Waals surface area contributed by atoms with Gasteiger partial charge in [-0.1, -0.05) is 6.07 Å². The fourth-order valence-corrected chi connectivity index (χ4v) is 3.86. The van der Waals surface area contributed by atoms with Gasteiger partial charge in [-0.05, 0) is 75.4 Å². The van der Waals surface area contributed by atoms with Gasteiger partial charge in [-0.3, -0.25) is 14.9 Å². The van der Waals surface area contributed by atoms with Gasteiger partial charge < -0.3 is 23.6 Å². The molecule has 0 aliphatic rings. The average molecular weight is 547 g/mol. The number of amides is 1. The lowest BCUT2D eigenvalue weighted by molar-refractivity contribution is -0.386. The van der Waals surface area contributed by atoms with E-state index in [1.165, 1.54) is 31.2 Å². The Labute approximate surface area is 228 Å². The number of aliphatic carboxylic acids is 1.